The second-order valence-electron chi connectivity index (χ2n) is 16.9. The Morgan fingerprint density at radius 1 is 0.352 bits per heavy atom. The van der Waals surface area contributed by atoms with E-state index in [0.717, 1.165) is 70.1 Å². The number of hydrogen-bond donors (Lipinski definition) is 0. The summed E-state index contributed by atoms with van der Waals surface area (Å²) in [5.74, 6) is -0.0379. The first kappa shape index (κ1) is 52.4. The van der Waals surface area contributed by atoms with Crippen LogP contribution in [0.2, 0.25) is 0 Å². The standard InChI is InChI=1S/C48H92O6/c1-5-7-9-11-12-13-14-15-16-17-18-19-22-26-29-33-37-41-48(51)54-45(42-52-46(49)39-35-30-10-8-6-2)43-53-47(50)40-36-32-28-25-23-20-21-24-27-31-34-38-44(3)4/h44-45H,5-43H2,1-4H3/t45-/m1/s1. The van der Waals surface area contributed by atoms with Crippen LogP contribution in [0.25, 0.3) is 0 Å². The maximum absolute atomic E-state index is 12.7. The Balaban J connectivity index is 4.15. The van der Waals surface area contributed by atoms with Gasteiger partial charge in [0, 0.05) is 19.3 Å². The van der Waals surface area contributed by atoms with Gasteiger partial charge in [0.1, 0.15) is 13.2 Å². The van der Waals surface area contributed by atoms with Crippen molar-refractivity contribution in [2.45, 2.75) is 271 Å². The number of rotatable bonds is 43. The summed E-state index contributed by atoms with van der Waals surface area (Å²) in [5, 5.41) is 0. The molecule has 0 amide bonds. The lowest BCUT2D eigenvalue weighted by atomic mass is 10.0. The molecule has 0 aliphatic rings. The lowest BCUT2D eigenvalue weighted by Crippen LogP contribution is -2.30. The fourth-order valence-corrected chi connectivity index (χ4v) is 7.16. The first-order valence-corrected chi connectivity index (χ1v) is 23.9. The molecule has 0 heterocycles. The van der Waals surface area contributed by atoms with Gasteiger partial charge < -0.3 is 14.2 Å². The van der Waals surface area contributed by atoms with Crippen molar-refractivity contribution in [2.75, 3.05) is 13.2 Å². The molecule has 0 aliphatic carbocycles. The van der Waals surface area contributed by atoms with E-state index in [2.05, 4.69) is 27.7 Å². The van der Waals surface area contributed by atoms with E-state index >= 15 is 0 Å². The van der Waals surface area contributed by atoms with Crippen molar-refractivity contribution in [1.82, 2.24) is 0 Å². The summed E-state index contributed by atoms with van der Waals surface area (Å²) < 4.78 is 16.6. The Bertz CT molecular complexity index is 811. The highest BCUT2D eigenvalue weighted by molar-refractivity contribution is 5.71. The van der Waals surface area contributed by atoms with Crippen LogP contribution in [-0.4, -0.2) is 37.2 Å². The summed E-state index contributed by atoms with van der Waals surface area (Å²) >= 11 is 0. The van der Waals surface area contributed by atoms with Gasteiger partial charge in [-0.1, -0.05) is 227 Å². The summed E-state index contributed by atoms with van der Waals surface area (Å²) in [6, 6.07) is 0. The molecule has 0 rings (SSSR count). The van der Waals surface area contributed by atoms with E-state index in [-0.39, 0.29) is 31.1 Å². The highest BCUT2D eigenvalue weighted by Crippen LogP contribution is 2.17. The Kier molecular flexibility index (Phi) is 41.3. The Labute approximate surface area is 336 Å². The molecule has 0 spiro atoms. The molecule has 0 saturated heterocycles. The van der Waals surface area contributed by atoms with E-state index in [1.165, 1.54) is 154 Å². The number of ether oxygens (including phenoxy) is 3. The third kappa shape index (κ3) is 41.6. The van der Waals surface area contributed by atoms with Gasteiger partial charge in [-0.15, -0.1) is 0 Å². The average Bonchev–Trinajstić information content (AvgIpc) is 3.15. The largest absolute Gasteiger partial charge is 0.462 e. The first-order valence-electron chi connectivity index (χ1n) is 23.9. The quantitative estimate of drug-likeness (QED) is 0.0349. The third-order valence-electron chi connectivity index (χ3n) is 10.8. The van der Waals surface area contributed by atoms with Crippen LogP contribution in [0.5, 0.6) is 0 Å². The van der Waals surface area contributed by atoms with Crippen LogP contribution in [0, 0.1) is 5.92 Å². The molecule has 6 heteroatoms. The normalized spacial score (nSPS) is 11.9. The van der Waals surface area contributed by atoms with Crippen molar-refractivity contribution in [3.05, 3.63) is 0 Å². The van der Waals surface area contributed by atoms with Gasteiger partial charge in [0.2, 0.25) is 0 Å². The van der Waals surface area contributed by atoms with Crippen molar-refractivity contribution in [1.29, 1.82) is 0 Å². The summed E-state index contributed by atoms with van der Waals surface area (Å²) in [4.78, 5) is 37.5. The van der Waals surface area contributed by atoms with E-state index in [1.54, 1.807) is 0 Å². The van der Waals surface area contributed by atoms with Gasteiger partial charge in [0.25, 0.3) is 0 Å². The molecule has 0 aliphatic heterocycles. The molecule has 1 atom stereocenters. The second-order valence-corrected chi connectivity index (χ2v) is 16.9. The van der Waals surface area contributed by atoms with E-state index in [9.17, 15) is 14.4 Å². The molecule has 0 aromatic carbocycles. The summed E-state index contributed by atoms with van der Waals surface area (Å²) in [6.45, 7) is 8.93. The number of carbonyl (C=O) groups is 3. The van der Waals surface area contributed by atoms with Gasteiger partial charge >= 0.3 is 17.9 Å². The molecular formula is C48H92O6. The van der Waals surface area contributed by atoms with E-state index in [1.807, 2.05) is 0 Å². The molecule has 0 N–H and O–H groups in total. The molecule has 0 fully saturated rings. The fraction of sp³-hybridized carbons (Fsp3) is 0.938. The lowest BCUT2D eigenvalue weighted by Gasteiger charge is -2.18. The Morgan fingerprint density at radius 3 is 0.907 bits per heavy atom. The molecule has 54 heavy (non-hydrogen) atoms. The highest BCUT2D eigenvalue weighted by Gasteiger charge is 2.19. The molecule has 0 radical (unpaired) electrons. The lowest BCUT2D eigenvalue weighted by molar-refractivity contribution is -0.167. The zero-order valence-corrected chi connectivity index (χ0v) is 36.7. The van der Waals surface area contributed by atoms with Crippen molar-refractivity contribution >= 4 is 17.9 Å². The van der Waals surface area contributed by atoms with Gasteiger partial charge in [0.15, 0.2) is 6.10 Å². The number of unbranched alkanes of at least 4 members (excludes halogenated alkanes) is 30. The molecule has 0 saturated carbocycles. The zero-order valence-electron chi connectivity index (χ0n) is 36.7. The third-order valence-corrected chi connectivity index (χ3v) is 10.8. The molecular weight excluding hydrogens is 673 g/mol. The number of hydrogen-bond acceptors (Lipinski definition) is 6. The molecule has 0 aromatic rings. The SMILES string of the molecule is CCCCCCCCCCCCCCCCCCCC(=O)O[C@H](COC(=O)CCCCCCC)COC(=O)CCCCCCCCCCCCCC(C)C. The molecule has 0 aromatic heterocycles. The van der Waals surface area contributed by atoms with Gasteiger partial charge in [-0.2, -0.15) is 0 Å². The van der Waals surface area contributed by atoms with Crippen molar-refractivity contribution in [3.63, 3.8) is 0 Å². The van der Waals surface area contributed by atoms with Crippen LogP contribution in [0.15, 0.2) is 0 Å². The maximum Gasteiger partial charge on any atom is 0.306 e. The predicted octanol–water partition coefficient (Wildman–Crippen LogP) is 15.1. The minimum atomic E-state index is -0.758. The second kappa shape index (κ2) is 42.6. The average molecular weight is 765 g/mol. The Morgan fingerprint density at radius 2 is 0.611 bits per heavy atom. The van der Waals surface area contributed by atoms with Crippen LogP contribution in [-0.2, 0) is 28.6 Å². The predicted molar refractivity (Wildman–Crippen MR) is 229 cm³/mol. The minimum absolute atomic E-state index is 0.0646. The van der Waals surface area contributed by atoms with Gasteiger partial charge in [-0.25, -0.2) is 0 Å². The van der Waals surface area contributed by atoms with Crippen LogP contribution >= 0.6 is 0 Å². The smallest absolute Gasteiger partial charge is 0.306 e. The molecule has 6 nitrogen and oxygen atoms in total. The van der Waals surface area contributed by atoms with Crippen molar-refractivity contribution < 1.29 is 28.6 Å². The number of carbonyl (C=O) groups excluding carboxylic acids is 3. The van der Waals surface area contributed by atoms with E-state index in [0.29, 0.717) is 19.3 Å². The number of esters is 3. The maximum atomic E-state index is 12.7. The molecule has 0 unspecified atom stereocenters. The van der Waals surface area contributed by atoms with E-state index in [4.69, 9.17) is 14.2 Å². The van der Waals surface area contributed by atoms with Crippen molar-refractivity contribution in [3.8, 4) is 0 Å². The molecule has 320 valence electrons. The minimum Gasteiger partial charge on any atom is -0.462 e. The first-order chi connectivity index (χ1) is 26.4. The summed E-state index contributed by atoms with van der Waals surface area (Å²) in [6.07, 6.45) is 42.6. The van der Waals surface area contributed by atoms with Gasteiger partial charge in [-0.05, 0) is 25.2 Å². The topological polar surface area (TPSA) is 78.9 Å². The summed E-state index contributed by atoms with van der Waals surface area (Å²) in [5.41, 5.74) is 0. The van der Waals surface area contributed by atoms with Gasteiger partial charge in [-0.3, -0.25) is 14.4 Å². The van der Waals surface area contributed by atoms with Crippen LogP contribution in [0.4, 0.5) is 0 Å². The fourth-order valence-electron chi connectivity index (χ4n) is 7.16. The van der Waals surface area contributed by atoms with Crippen LogP contribution in [0.1, 0.15) is 265 Å². The highest BCUT2D eigenvalue weighted by atomic mass is 16.6. The Hall–Kier alpha value is -1.59. The van der Waals surface area contributed by atoms with Gasteiger partial charge in [0.05, 0.1) is 0 Å². The monoisotopic (exact) mass is 765 g/mol. The van der Waals surface area contributed by atoms with E-state index < -0.39 is 6.10 Å². The van der Waals surface area contributed by atoms with Crippen LogP contribution < -0.4 is 0 Å². The molecule has 0 bridgehead atoms. The van der Waals surface area contributed by atoms with Crippen molar-refractivity contribution in [2.24, 2.45) is 5.92 Å². The zero-order chi connectivity index (χ0) is 39.6. The van der Waals surface area contributed by atoms with Crippen LogP contribution in [0.3, 0.4) is 0 Å². The summed E-state index contributed by atoms with van der Waals surface area (Å²) in [7, 11) is 0.